The molecule has 2 fully saturated rings. The van der Waals surface area contributed by atoms with Crippen molar-refractivity contribution in [1.82, 2.24) is 0 Å². The van der Waals surface area contributed by atoms with Crippen molar-refractivity contribution in [2.24, 2.45) is 11.8 Å². The summed E-state index contributed by atoms with van der Waals surface area (Å²) in [6, 6.07) is 0. The van der Waals surface area contributed by atoms with Crippen LogP contribution in [0.15, 0.2) is 12.7 Å². The smallest absolute Gasteiger partial charge is 0.404 e. The monoisotopic (exact) mass is 270 g/mol. The molecule has 0 spiro atoms. The van der Waals surface area contributed by atoms with Gasteiger partial charge < -0.3 is 9.31 Å². The first-order chi connectivity index (χ1) is 8.46. The summed E-state index contributed by atoms with van der Waals surface area (Å²) >= 11 is 6.29. The second-order valence-corrected chi connectivity index (χ2v) is 6.80. The largest absolute Gasteiger partial charge is 0.477 e. The van der Waals surface area contributed by atoms with Crippen LogP contribution in [0, 0.1) is 11.8 Å². The number of fused-ring (bicyclic) bond motifs is 1. The summed E-state index contributed by atoms with van der Waals surface area (Å²) in [7, 11) is -0.273. The quantitative estimate of drug-likeness (QED) is 0.439. The number of alkyl halides is 1. The molecule has 1 saturated heterocycles. The van der Waals surface area contributed by atoms with Crippen LogP contribution in [0.3, 0.4) is 0 Å². The molecular formula is C14H24BClO2. The van der Waals surface area contributed by atoms with Crippen LogP contribution in [0.5, 0.6) is 0 Å². The predicted octanol–water partition coefficient (Wildman–Crippen LogP) is 3.83. The van der Waals surface area contributed by atoms with Gasteiger partial charge in [-0.25, -0.2) is 0 Å². The average molecular weight is 271 g/mol. The summed E-state index contributed by atoms with van der Waals surface area (Å²) in [6.07, 6.45) is 6.16. The van der Waals surface area contributed by atoms with Gasteiger partial charge >= 0.3 is 7.12 Å². The molecular weight excluding hydrogens is 246 g/mol. The van der Waals surface area contributed by atoms with Gasteiger partial charge in [0, 0.05) is 0 Å². The third kappa shape index (κ3) is 2.78. The van der Waals surface area contributed by atoms with E-state index in [1.165, 1.54) is 6.42 Å². The number of hydrogen-bond donors (Lipinski definition) is 0. The van der Waals surface area contributed by atoms with Gasteiger partial charge in [0.05, 0.1) is 17.0 Å². The summed E-state index contributed by atoms with van der Waals surface area (Å²) < 4.78 is 12.2. The van der Waals surface area contributed by atoms with Crippen molar-refractivity contribution < 1.29 is 9.31 Å². The van der Waals surface area contributed by atoms with Crippen molar-refractivity contribution in [3.05, 3.63) is 12.7 Å². The van der Waals surface area contributed by atoms with Crippen LogP contribution in [-0.4, -0.2) is 24.1 Å². The maximum Gasteiger partial charge on any atom is 0.477 e. The van der Waals surface area contributed by atoms with Crippen molar-refractivity contribution in [2.45, 2.75) is 63.4 Å². The van der Waals surface area contributed by atoms with Crippen LogP contribution in [0.25, 0.3) is 0 Å². The lowest BCUT2D eigenvalue weighted by Gasteiger charge is -2.39. The lowest BCUT2D eigenvalue weighted by Crippen LogP contribution is -2.43. The van der Waals surface area contributed by atoms with E-state index in [-0.39, 0.29) is 24.1 Å². The SMILES string of the molecule is C=CCC(Cl)B1OC2CC(C(C)C)CCC2(C)O1. The highest BCUT2D eigenvalue weighted by Crippen LogP contribution is 2.44. The van der Waals surface area contributed by atoms with Gasteiger partial charge in [-0.2, -0.15) is 0 Å². The molecule has 4 heteroatoms. The minimum atomic E-state index is -0.273. The topological polar surface area (TPSA) is 18.5 Å². The summed E-state index contributed by atoms with van der Waals surface area (Å²) in [5.74, 6) is 1.47. The molecule has 2 nitrogen and oxygen atoms in total. The van der Waals surface area contributed by atoms with E-state index in [9.17, 15) is 0 Å². The van der Waals surface area contributed by atoms with E-state index in [2.05, 4.69) is 27.4 Å². The molecule has 18 heavy (non-hydrogen) atoms. The molecule has 0 aromatic heterocycles. The van der Waals surface area contributed by atoms with Crippen LogP contribution < -0.4 is 0 Å². The van der Waals surface area contributed by atoms with Crippen molar-refractivity contribution in [3.8, 4) is 0 Å². The molecule has 4 unspecified atom stereocenters. The normalized spacial score (nSPS) is 37.7. The number of allylic oxidation sites excluding steroid dienone is 1. The second-order valence-electron chi connectivity index (χ2n) is 6.24. The highest BCUT2D eigenvalue weighted by molar-refractivity contribution is 6.59. The third-order valence-corrected chi connectivity index (χ3v) is 4.91. The molecule has 1 saturated carbocycles. The first kappa shape index (κ1) is 14.4. The van der Waals surface area contributed by atoms with E-state index in [0.29, 0.717) is 0 Å². The van der Waals surface area contributed by atoms with Gasteiger partial charge in [-0.05, 0) is 44.4 Å². The Kier molecular flexibility index (Phi) is 4.46. The van der Waals surface area contributed by atoms with Gasteiger partial charge in [0.1, 0.15) is 0 Å². The van der Waals surface area contributed by atoms with Crippen LogP contribution in [0.2, 0.25) is 0 Å². The summed E-state index contributed by atoms with van der Waals surface area (Å²) in [4.78, 5) is 0. The van der Waals surface area contributed by atoms with E-state index in [0.717, 1.165) is 31.1 Å². The Morgan fingerprint density at radius 1 is 1.56 bits per heavy atom. The van der Waals surface area contributed by atoms with Gasteiger partial charge in [0.15, 0.2) is 0 Å². The van der Waals surface area contributed by atoms with Gasteiger partial charge in [0.25, 0.3) is 0 Å². The summed E-state index contributed by atoms with van der Waals surface area (Å²) in [6.45, 7) is 10.5. The number of hydrogen-bond acceptors (Lipinski definition) is 2. The highest BCUT2D eigenvalue weighted by atomic mass is 35.5. The van der Waals surface area contributed by atoms with E-state index in [4.69, 9.17) is 20.9 Å². The minimum Gasteiger partial charge on any atom is -0.404 e. The molecule has 4 atom stereocenters. The molecule has 102 valence electrons. The van der Waals surface area contributed by atoms with Crippen molar-refractivity contribution in [2.75, 3.05) is 0 Å². The van der Waals surface area contributed by atoms with Gasteiger partial charge in [-0.1, -0.05) is 19.9 Å². The maximum absolute atomic E-state index is 6.29. The first-order valence-corrected chi connectivity index (χ1v) is 7.48. The minimum absolute atomic E-state index is 0.123. The standard InChI is InChI=1S/C14H24BClO2/c1-5-6-13(16)15-17-12-9-11(10(2)3)7-8-14(12,4)18-15/h5,10-13H,1,6-9H2,2-4H3. The fourth-order valence-corrected chi connectivity index (χ4v) is 3.34. The summed E-state index contributed by atoms with van der Waals surface area (Å²) in [5.41, 5.74) is -0.135. The zero-order valence-electron chi connectivity index (χ0n) is 11.7. The molecule has 0 radical (unpaired) electrons. The Morgan fingerprint density at radius 3 is 2.89 bits per heavy atom. The van der Waals surface area contributed by atoms with Gasteiger partial charge in [-0.3, -0.25) is 0 Å². The Hall–Kier alpha value is 0.0149. The average Bonchev–Trinajstić information content (AvgIpc) is 2.65. The fourth-order valence-electron chi connectivity index (χ4n) is 3.10. The van der Waals surface area contributed by atoms with E-state index in [1.54, 1.807) is 0 Å². The lowest BCUT2D eigenvalue weighted by atomic mass is 9.73. The molecule has 0 amide bonds. The molecule has 1 aliphatic heterocycles. The first-order valence-electron chi connectivity index (χ1n) is 7.04. The Morgan fingerprint density at radius 2 is 2.28 bits per heavy atom. The van der Waals surface area contributed by atoms with Crippen molar-refractivity contribution in [1.29, 1.82) is 0 Å². The molecule has 0 bridgehead atoms. The highest BCUT2D eigenvalue weighted by Gasteiger charge is 2.53. The molecule has 2 aliphatic rings. The second kappa shape index (κ2) is 5.56. The molecule has 1 heterocycles. The number of rotatable bonds is 4. The van der Waals surface area contributed by atoms with Crippen molar-refractivity contribution >= 4 is 18.7 Å². The Bertz CT molecular complexity index is 310. The number of halogens is 1. The Balaban J connectivity index is 2.00. The fraction of sp³-hybridized carbons (Fsp3) is 0.857. The van der Waals surface area contributed by atoms with E-state index >= 15 is 0 Å². The molecule has 0 N–H and O–H groups in total. The lowest BCUT2D eigenvalue weighted by molar-refractivity contribution is -0.00960. The molecule has 2 rings (SSSR count). The van der Waals surface area contributed by atoms with E-state index in [1.807, 2.05) is 6.08 Å². The molecule has 0 aromatic rings. The van der Waals surface area contributed by atoms with Gasteiger partial charge in [0.2, 0.25) is 0 Å². The predicted molar refractivity (Wildman–Crippen MR) is 76.8 cm³/mol. The molecule has 0 aromatic carbocycles. The van der Waals surface area contributed by atoms with Crippen molar-refractivity contribution in [3.63, 3.8) is 0 Å². The van der Waals surface area contributed by atoms with Crippen LogP contribution in [-0.2, 0) is 9.31 Å². The molecule has 1 aliphatic carbocycles. The zero-order chi connectivity index (χ0) is 13.3. The van der Waals surface area contributed by atoms with E-state index < -0.39 is 0 Å². The van der Waals surface area contributed by atoms with Crippen LogP contribution in [0.1, 0.15) is 46.5 Å². The Labute approximate surface area is 116 Å². The summed E-state index contributed by atoms with van der Waals surface area (Å²) in [5, 5.41) is -0.123. The maximum atomic E-state index is 6.29. The zero-order valence-corrected chi connectivity index (χ0v) is 12.5. The van der Waals surface area contributed by atoms with Crippen LogP contribution >= 0.6 is 11.6 Å². The van der Waals surface area contributed by atoms with Gasteiger partial charge in [-0.15, -0.1) is 18.2 Å². The third-order valence-electron chi connectivity index (χ3n) is 4.52. The van der Waals surface area contributed by atoms with Crippen LogP contribution in [0.4, 0.5) is 0 Å².